The van der Waals surface area contributed by atoms with Gasteiger partial charge in [0.25, 0.3) is 0 Å². The zero-order valence-corrected chi connectivity index (χ0v) is 13.5. The Hall–Kier alpha value is -1.28. The van der Waals surface area contributed by atoms with E-state index >= 15 is 0 Å². The molecule has 1 aromatic heterocycles. The smallest absolute Gasteiger partial charge is 0.317 e. The third-order valence-corrected chi connectivity index (χ3v) is 5.34. The van der Waals surface area contributed by atoms with Gasteiger partial charge in [0, 0.05) is 24.6 Å². The highest BCUT2D eigenvalue weighted by Crippen LogP contribution is 2.28. The van der Waals surface area contributed by atoms with Crippen molar-refractivity contribution in [2.45, 2.75) is 44.4 Å². The molecule has 0 spiro atoms. The molecule has 122 valence electrons. The zero-order valence-electron chi connectivity index (χ0n) is 12.6. The molecule has 2 amide bonds. The molecular weight excluding hydrogens is 302 g/mol. The fourth-order valence-corrected chi connectivity index (χ4v) is 4.06. The van der Waals surface area contributed by atoms with E-state index in [1.54, 1.807) is 6.20 Å². The Morgan fingerprint density at radius 3 is 2.86 bits per heavy atom. The van der Waals surface area contributed by atoms with Crippen LogP contribution in [0, 0.1) is 0 Å². The van der Waals surface area contributed by atoms with Crippen molar-refractivity contribution in [3.63, 3.8) is 0 Å². The lowest BCUT2D eigenvalue weighted by Crippen LogP contribution is -2.51. The van der Waals surface area contributed by atoms with Crippen LogP contribution in [0.5, 0.6) is 0 Å². The summed E-state index contributed by atoms with van der Waals surface area (Å²) in [5, 5.41) is 20.4. The second kappa shape index (κ2) is 7.32. The molecule has 2 fully saturated rings. The maximum absolute atomic E-state index is 12.4. The lowest BCUT2D eigenvalue weighted by molar-refractivity contribution is 0.181. The van der Waals surface area contributed by atoms with Crippen LogP contribution in [0.3, 0.4) is 0 Å². The van der Waals surface area contributed by atoms with E-state index in [1.165, 1.54) is 0 Å². The first-order valence-electron chi connectivity index (χ1n) is 7.92. The van der Waals surface area contributed by atoms with Crippen molar-refractivity contribution in [3.8, 4) is 0 Å². The number of carbonyl (C=O) groups is 1. The molecule has 1 saturated heterocycles. The van der Waals surface area contributed by atoms with Gasteiger partial charge in [-0.25, -0.2) is 9.48 Å². The quantitative estimate of drug-likeness (QED) is 0.867. The minimum Gasteiger partial charge on any atom is -0.390 e. The number of urea groups is 1. The van der Waals surface area contributed by atoms with Crippen LogP contribution in [-0.4, -0.2) is 61.7 Å². The SMILES string of the molecule is O=C(N[C@H]1CCCC[C@H]1n1cc(CO)nn1)N1CCSCC1. The minimum atomic E-state index is -0.102. The summed E-state index contributed by atoms with van der Waals surface area (Å²) in [6, 6.07) is 0.258. The Labute approximate surface area is 134 Å². The van der Waals surface area contributed by atoms with Crippen LogP contribution in [0.25, 0.3) is 0 Å². The number of rotatable bonds is 3. The molecule has 3 rings (SSSR count). The number of amides is 2. The third kappa shape index (κ3) is 3.55. The second-order valence-electron chi connectivity index (χ2n) is 5.86. The highest BCUT2D eigenvalue weighted by Gasteiger charge is 2.30. The van der Waals surface area contributed by atoms with Gasteiger partial charge in [-0.3, -0.25) is 0 Å². The van der Waals surface area contributed by atoms with Gasteiger partial charge in [-0.1, -0.05) is 18.1 Å². The Bertz CT molecular complexity index is 503. The highest BCUT2D eigenvalue weighted by atomic mass is 32.2. The van der Waals surface area contributed by atoms with Crippen LogP contribution in [0.2, 0.25) is 0 Å². The highest BCUT2D eigenvalue weighted by molar-refractivity contribution is 7.99. The van der Waals surface area contributed by atoms with E-state index < -0.39 is 0 Å². The van der Waals surface area contributed by atoms with Crippen LogP contribution in [0.1, 0.15) is 37.4 Å². The molecule has 0 unspecified atom stereocenters. The number of carbonyl (C=O) groups excluding carboxylic acids is 1. The number of hydrogen-bond acceptors (Lipinski definition) is 5. The van der Waals surface area contributed by atoms with Gasteiger partial charge in [0.15, 0.2) is 0 Å². The van der Waals surface area contributed by atoms with Crippen LogP contribution >= 0.6 is 11.8 Å². The fraction of sp³-hybridized carbons (Fsp3) is 0.786. The summed E-state index contributed by atoms with van der Waals surface area (Å²) in [5.74, 6) is 2.04. The normalized spacial score (nSPS) is 26.0. The average Bonchev–Trinajstić information content (AvgIpc) is 3.05. The molecule has 0 aromatic carbocycles. The summed E-state index contributed by atoms with van der Waals surface area (Å²) in [4.78, 5) is 14.3. The molecule has 0 radical (unpaired) electrons. The van der Waals surface area contributed by atoms with Gasteiger partial charge in [-0.15, -0.1) is 5.10 Å². The van der Waals surface area contributed by atoms with Crippen LogP contribution in [0.4, 0.5) is 4.79 Å². The molecular formula is C14H23N5O2S. The monoisotopic (exact) mass is 325 g/mol. The molecule has 22 heavy (non-hydrogen) atoms. The van der Waals surface area contributed by atoms with Gasteiger partial charge in [0.1, 0.15) is 5.69 Å². The number of aliphatic hydroxyl groups excluding tert-OH is 1. The van der Waals surface area contributed by atoms with Gasteiger partial charge in [-0.2, -0.15) is 11.8 Å². The summed E-state index contributed by atoms with van der Waals surface area (Å²) in [7, 11) is 0. The van der Waals surface area contributed by atoms with Gasteiger partial charge < -0.3 is 15.3 Å². The first-order chi connectivity index (χ1) is 10.8. The van der Waals surface area contributed by atoms with Crippen molar-refractivity contribution in [3.05, 3.63) is 11.9 Å². The van der Waals surface area contributed by atoms with E-state index in [9.17, 15) is 4.79 Å². The molecule has 2 atom stereocenters. The topological polar surface area (TPSA) is 83.3 Å². The van der Waals surface area contributed by atoms with E-state index in [4.69, 9.17) is 5.11 Å². The second-order valence-corrected chi connectivity index (χ2v) is 7.08. The van der Waals surface area contributed by atoms with Crippen molar-refractivity contribution in [2.24, 2.45) is 0 Å². The van der Waals surface area contributed by atoms with E-state index in [-0.39, 0.29) is 24.7 Å². The number of aliphatic hydroxyl groups is 1. The maximum Gasteiger partial charge on any atom is 0.317 e. The van der Waals surface area contributed by atoms with Crippen molar-refractivity contribution in [1.29, 1.82) is 0 Å². The number of nitrogens with one attached hydrogen (secondary N) is 1. The maximum atomic E-state index is 12.4. The number of hydrogen-bond donors (Lipinski definition) is 2. The largest absolute Gasteiger partial charge is 0.390 e. The number of thioether (sulfide) groups is 1. The predicted octanol–water partition coefficient (Wildman–Crippen LogP) is 1.01. The Kier molecular flexibility index (Phi) is 5.20. The van der Waals surface area contributed by atoms with Crippen molar-refractivity contribution >= 4 is 17.8 Å². The molecule has 1 aliphatic heterocycles. The van der Waals surface area contributed by atoms with Gasteiger partial charge >= 0.3 is 6.03 Å². The van der Waals surface area contributed by atoms with Crippen LogP contribution in [-0.2, 0) is 6.61 Å². The molecule has 1 aromatic rings. The number of aromatic nitrogens is 3. The summed E-state index contributed by atoms with van der Waals surface area (Å²) in [6.45, 7) is 1.55. The van der Waals surface area contributed by atoms with Gasteiger partial charge in [-0.05, 0) is 12.8 Å². The predicted molar refractivity (Wildman–Crippen MR) is 84.7 cm³/mol. The summed E-state index contributed by atoms with van der Waals surface area (Å²) < 4.78 is 1.81. The van der Waals surface area contributed by atoms with Gasteiger partial charge in [0.05, 0.1) is 24.9 Å². The Balaban J connectivity index is 1.65. The van der Waals surface area contributed by atoms with E-state index in [1.807, 2.05) is 21.3 Å². The minimum absolute atomic E-state index is 0.0414. The van der Waals surface area contributed by atoms with E-state index in [0.29, 0.717) is 5.69 Å². The van der Waals surface area contributed by atoms with Crippen molar-refractivity contribution in [2.75, 3.05) is 24.6 Å². The summed E-state index contributed by atoms with van der Waals surface area (Å²) in [6.07, 6.45) is 5.99. The average molecular weight is 325 g/mol. The molecule has 8 heteroatoms. The molecule has 1 aliphatic carbocycles. The molecule has 2 aliphatic rings. The van der Waals surface area contributed by atoms with Crippen molar-refractivity contribution < 1.29 is 9.90 Å². The summed E-state index contributed by atoms with van der Waals surface area (Å²) >= 11 is 1.90. The van der Waals surface area contributed by atoms with Crippen molar-refractivity contribution in [1.82, 2.24) is 25.2 Å². The summed E-state index contributed by atoms with van der Waals surface area (Å²) in [5.41, 5.74) is 0.573. The lowest BCUT2D eigenvalue weighted by atomic mass is 9.90. The van der Waals surface area contributed by atoms with E-state index in [0.717, 1.165) is 50.3 Å². The third-order valence-electron chi connectivity index (χ3n) is 4.40. The first-order valence-corrected chi connectivity index (χ1v) is 9.08. The molecule has 2 heterocycles. The molecule has 0 bridgehead atoms. The lowest BCUT2D eigenvalue weighted by Gasteiger charge is -2.34. The fourth-order valence-electron chi connectivity index (χ4n) is 3.16. The molecule has 7 nitrogen and oxygen atoms in total. The Morgan fingerprint density at radius 1 is 1.36 bits per heavy atom. The van der Waals surface area contributed by atoms with Gasteiger partial charge in [0.2, 0.25) is 0 Å². The standard InChI is InChI=1S/C14H23N5O2S/c20-10-11-9-19(17-16-11)13-4-2-1-3-12(13)15-14(21)18-5-7-22-8-6-18/h9,12-13,20H,1-8,10H2,(H,15,21)/t12-,13+/m0/s1. The van der Waals surface area contributed by atoms with Crippen LogP contribution in [0.15, 0.2) is 6.20 Å². The molecule has 1 saturated carbocycles. The first kappa shape index (κ1) is 15.6. The Morgan fingerprint density at radius 2 is 2.14 bits per heavy atom. The van der Waals surface area contributed by atoms with Crippen LogP contribution < -0.4 is 5.32 Å². The molecule has 2 N–H and O–H groups in total. The van der Waals surface area contributed by atoms with E-state index in [2.05, 4.69) is 15.6 Å². The number of nitrogens with zero attached hydrogens (tertiary/aromatic N) is 4. The zero-order chi connectivity index (χ0) is 15.4.